The first kappa shape index (κ1) is 15.4. The summed E-state index contributed by atoms with van der Waals surface area (Å²) in [5.74, 6) is -1.12. The largest absolute Gasteiger partial charge is 0.476 e. The molecule has 1 aromatic heterocycles. The van der Waals surface area contributed by atoms with Crippen LogP contribution in [0.5, 0.6) is 0 Å². The molecule has 1 amide bonds. The molecule has 1 aliphatic heterocycles. The van der Waals surface area contributed by atoms with Gasteiger partial charge >= 0.3 is 5.97 Å². The van der Waals surface area contributed by atoms with Crippen molar-refractivity contribution in [2.24, 2.45) is 11.1 Å². The third-order valence-corrected chi connectivity index (χ3v) is 4.40. The summed E-state index contributed by atoms with van der Waals surface area (Å²) in [5.41, 5.74) is 4.68. The molecule has 3 N–H and O–H groups in total. The minimum Gasteiger partial charge on any atom is -0.476 e. The number of aromatic carboxylic acids is 1. The van der Waals surface area contributed by atoms with Crippen LogP contribution < -0.4 is 5.73 Å². The van der Waals surface area contributed by atoms with Gasteiger partial charge in [-0.3, -0.25) is 4.79 Å². The Labute approximate surface area is 122 Å². The van der Waals surface area contributed by atoms with Gasteiger partial charge in [0.25, 0.3) is 0 Å². The van der Waals surface area contributed by atoms with Gasteiger partial charge in [-0.15, -0.1) is 5.10 Å². The number of nitrogens with zero attached hydrogens (tertiary/aromatic N) is 4. The molecule has 2 heterocycles. The van der Waals surface area contributed by atoms with Crippen molar-refractivity contribution in [2.45, 2.75) is 39.3 Å². The highest BCUT2D eigenvalue weighted by Crippen LogP contribution is 2.34. The van der Waals surface area contributed by atoms with E-state index in [-0.39, 0.29) is 17.6 Å². The van der Waals surface area contributed by atoms with Crippen molar-refractivity contribution in [1.29, 1.82) is 0 Å². The molecule has 0 spiro atoms. The number of carboxylic acids is 1. The number of amides is 1. The minimum absolute atomic E-state index is 0.00942. The third kappa shape index (κ3) is 2.63. The molecule has 0 saturated carbocycles. The second kappa shape index (κ2) is 4.80. The van der Waals surface area contributed by atoms with E-state index in [2.05, 4.69) is 10.3 Å². The van der Waals surface area contributed by atoms with Gasteiger partial charge in [0.05, 0.1) is 17.7 Å². The fourth-order valence-electron chi connectivity index (χ4n) is 2.01. The average molecular weight is 295 g/mol. The lowest BCUT2D eigenvalue weighted by atomic mass is 9.73. The highest BCUT2D eigenvalue weighted by atomic mass is 16.4. The van der Waals surface area contributed by atoms with E-state index in [0.717, 1.165) is 0 Å². The molecule has 0 unspecified atom stereocenters. The Morgan fingerprint density at radius 2 is 1.90 bits per heavy atom. The normalized spacial score (nSPS) is 16.7. The molecule has 2 rings (SSSR count). The summed E-state index contributed by atoms with van der Waals surface area (Å²) in [6.07, 6.45) is 1.38. The second-order valence-corrected chi connectivity index (χ2v) is 6.60. The van der Waals surface area contributed by atoms with Crippen LogP contribution in [0.25, 0.3) is 0 Å². The van der Waals surface area contributed by atoms with E-state index in [1.807, 2.05) is 27.7 Å². The van der Waals surface area contributed by atoms with Crippen LogP contribution in [-0.4, -0.2) is 55.5 Å². The minimum atomic E-state index is -1.11. The van der Waals surface area contributed by atoms with Gasteiger partial charge in [-0.1, -0.05) is 5.21 Å². The van der Waals surface area contributed by atoms with Gasteiger partial charge in [0.15, 0.2) is 5.69 Å². The topological polar surface area (TPSA) is 114 Å². The second-order valence-electron chi connectivity index (χ2n) is 6.60. The zero-order valence-electron chi connectivity index (χ0n) is 12.7. The molecule has 0 aliphatic carbocycles. The number of nitrogens with two attached hydrogens (primary N) is 1. The van der Waals surface area contributed by atoms with E-state index in [1.54, 1.807) is 4.90 Å². The van der Waals surface area contributed by atoms with Gasteiger partial charge in [-0.05, 0) is 27.7 Å². The van der Waals surface area contributed by atoms with Crippen LogP contribution in [0.1, 0.15) is 44.2 Å². The molecule has 0 atom stereocenters. The van der Waals surface area contributed by atoms with Crippen molar-refractivity contribution in [3.8, 4) is 0 Å². The van der Waals surface area contributed by atoms with Gasteiger partial charge < -0.3 is 15.7 Å². The number of rotatable bonds is 4. The van der Waals surface area contributed by atoms with Crippen LogP contribution in [-0.2, 0) is 4.79 Å². The highest BCUT2D eigenvalue weighted by Gasteiger charge is 2.46. The molecule has 21 heavy (non-hydrogen) atoms. The molecule has 0 bridgehead atoms. The Hall–Kier alpha value is -1.96. The zero-order chi connectivity index (χ0) is 16.0. The van der Waals surface area contributed by atoms with Crippen LogP contribution in [0.15, 0.2) is 6.20 Å². The lowest BCUT2D eigenvalue weighted by molar-refractivity contribution is -0.149. The monoisotopic (exact) mass is 295 g/mol. The Balaban J connectivity index is 2.00. The fraction of sp³-hybridized carbons (Fsp3) is 0.692. The summed E-state index contributed by atoms with van der Waals surface area (Å²) in [6, 6.07) is -0.0359. The smallest absolute Gasteiger partial charge is 0.358 e. The summed E-state index contributed by atoms with van der Waals surface area (Å²) >= 11 is 0. The van der Waals surface area contributed by atoms with Crippen LogP contribution in [0.3, 0.4) is 0 Å². The molecule has 1 aromatic rings. The maximum atomic E-state index is 12.5. The standard InChI is InChI=1S/C13H21N5O3/c1-12(2,13(3,4)14)11(21)17-5-8(6-17)18-7-9(10(19)20)15-16-18/h7-8H,5-6,14H2,1-4H3,(H,19,20). The molecule has 0 radical (unpaired) electrons. The van der Waals surface area contributed by atoms with E-state index >= 15 is 0 Å². The molecular formula is C13H21N5O3. The summed E-state index contributed by atoms with van der Waals surface area (Å²) in [6.45, 7) is 8.31. The number of carbonyl (C=O) groups excluding carboxylic acids is 1. The third-order valence-electron chi connectivity index (χ3n) is 4.40. The summed E-state index contributed by atoms with van der Waals surface area (Å²) in [4.78, 5) is 25.0. The van der Waals surface area contributed by atoms with Gasteiger partial charge in [0, 0.05) is 18.6 Å². The van der Waals surface area contributed by atoms with Crippen LogP contribution >= 0.6 is 0 Å². The van der Waals surface area contributed by atoms with Crippen LogP contribution in [0, 0.1) is 5.41 Å². The van der Waals surface area contributed by atoms with Gasteiger partial charge in [0.1, 0.15) is 0 Å². The molecule has 116 valence electrons. The Morgan fingerprint density at radius 1 is 1.33 bits per heavy atom. The van der Waals surface area contributed by atoms with Crippen molar-refractivity contribution in [3.63, 3.8) is 0 Å². The Kier molecular flexibility index (Phi) is 3.53. The van der Waals surface area contributed by atoms with Crippen molar-refractivity contribution in [1.82, 2.24) is 19.9 Å². The van der Waals surface area contributed by atoms with Crippen molar-refractivity contribution in [3.05, 3.63) is 11.9 Å². The first-order valence-electron chi connectivity index (χ1n) is 6.77. The highest BCUT2D eigenvalue weighted by molar-refractivity contribution is 5.85. The molecule has 1 fully saturated rings. The lowest BCUT2D eigenvalue weighted by Crippen LogP contribution is -2.61. The summed E-state index contributed by atoms with van der Waals surface area (Å²) in [5, 5.41) is 16.2. The van der Waals surface area contributed by atoms with E-state index in [1.165, 1.54) is 10.9 Å². The molecule has 1 aliphatic rings. The number of hydrogen-bond donors (Lipinski definition) is 2. The molecule has 0 aromatic carbocycles. The molecular weight excluding hydrogens is 274 g/mol. The average Bonchev–Trinajstić information content (AvgIpc) is 2.74. The SMILES string of the molecule is CC(C)(N)C(C)(C)C(=O)N1CC(n2cc(C(=O)O)nn2)C1. The predicted molar refractivity (Wildman–Crippen MR) is 74.6 cm³/mol. The first-order chi connectivity index (χ1) is 9.54. The van der Waals surface area contributed by atoms with E-state index < -0.39 is 16.9 Å². The number of carboxylic acid groups (broad SMARTS) is 1. The quantitative estimate of drug-likeness (QED) is 0.815. The maximum absolute atomic E-state index is 12.5. The Morgan fingerprint density at radius 3 is 2.33 bits per heavy atom. The lowest BCUT2D eigenvalue weighted by Gasteiger charge is -2.46. The van der Waals surface area contributed by atoms with E-state index in [4.69, 9.17) is 10.8 Å². The van der Waals surface area contributed by atoms with E-state index in [9.17, 15) is 9.59 Å². The first-order valence-corrected chi connectivity index (χ1v) is 6.77. The fourth-order valence-corrected chi connectivity index (χ4v) is 2.01. The van der Waals surface area contributed by atoms with Gasteiger partial charge in [-0.25, -0.2) is 9.48 Å². The predicted octanol–water partition coefficient (Wildman–Crippen LogP) is 0.123. The Bertz CT molecular complexity index is 567. The number of carbonyl (C=O) groups is 2. The summed E-state index contributed by atoms with van der Waals surface area (Å²) in [7, 11) is 0. The van der Waals surface area contributed by atoms with Crippen LogP contribution in [0.2, 0.25) is 0 Å². The van der Waals surface area contributed by atoms with Crippen molar-refractivity contribution >= 4 is 11.9 Å². The molecule has 8 nitrogen and oxygen atoms in total. The van der Waals surface area contributed by atoms with Gasteiger partial charge in [-0.2, -0.15) is 0 Å². The van der Waals surface area contributed by atoms with Gasteiger partial charge in [0.2, 0.25) is 5.91 Å². The maximum Gasteiger partial charge on any atom is 0.358 e. The van der Waals surface area contributed by atoms with Crippen molar-refractivity contribution in [2.75, 3.05) is 13.1 Å². The van der Waals surface area contributed by atoms with E-state index in [0.29, 0.717) is 13.1 Å². The number of likely N-dealkylation sites (tertiary alicyclic amines) is 1. The van der Waals surface area contributed by atoms with Crippen LogP contribution in [0.4, 0.5) is 0 Å². The summed E-state index contributed by atoms with van der Waals surface area (Å²) < 4.78 is 1.49. The molecule has 8 heteroatoms. The number of aromatic nitrogens is 3. The zero-order valence-corrected chi connectivity index (χ0v) is 12.7. The number of hydrogen-bond acceptors (Lipinski definition) is 5. The molecule has 1 saturated heterocycles. The van der Waals surface area contributed by atoms with Crippen molar-refractivity contribution < 1.29 is 14.7 Å².